The SMILES string of the molecule is CCN(C(=O)C1(C)CCCNC1)C(C)COC. The van der Waals surface area contributed by atoms with Gasteiger partial charge in [-0.2, -0.15) is 0 Å². The van der Waals surface area contributed by atoms with Crippen molar-refractivity contribution in [2.24, 2.45) is 5.41 Å². The molecule has 1 aliphatic rings. The molecule has 2 unspecified atom stereocenters. The number of carbonyl (C=O) groups excluding carboxylic acids is 1. The predicted octanol–water partition coefficient (Wildman–Crippen LogP) is 1.26. The summed E-state index contributed by atoms with van der Waals surface area (Å²) in [6.07, 6.45) is 2.06. The first-order chi connectivity index (χ1) is 8.05. The summed E-state index contributed by atoms with van der Waals surface area (Å²) in [6, 6.07) is 0.149. The van der Waals surface area contributed by atoms with Crippen LogP contribution in [-0.2, 0) is 9.53 Å². The monoisotopic (exact) mass is 242 g/mol. The van der Waals surface area contributed by atoms with E-state index in [1.165, 1.54) is 0 Å². The first kappa shape index (κ1) is 14.5. The number of piperidine rings is 1. The van der Waals surface area contributed by atoms with Crippen molar-refractivity contribution >= 4 is 5.91 Å². The molecule has 0 aromatic rings. The molecule has 1 heterocycles. The molecule has 4 nitrogen and oxygen atoms in total. The van der Waals surface area contributed by atoms with Gasteiger partial charge in [0, 0.05) is 20.2 Å². The van der Waals surface area contributed by atoms with E-state index in [0.717, 1.165) is 32.5 Å². The van der Waals surface area contributed by atoms with Crippen LogP contribution in [0.2, 0.25) is 0 Å². The second kappa shape index (κ2) is 6.36. The number of hydrogen-bond acceptors (Lipinski definition) is 3. The summed E-state index contributed by atoms with van der Waals surface area (Å²) in [5, 5.41) is 3.33. The summed E-state index contributed by atoms with van der Waals surface area (Å²) in [4.78, 5) is 14.5. The van der Waals surface area contributed by atoms with Crippen molar-refractivity contribution in [1.82, 2.24) is 10.2 Å². The number of methoxy groups -OCH3 is 1. The van der Waals surface area contributed by atoms with Crippen molar-refractivity contribution in [3.63, 3.8) is 0 Å². The van der Waals surface area contributed by atoms with Gasteiger partial charge in [0.05, 0.1) is 18.1 Å². The van der Waals surface area contributed by atoms with Gasteiger partial charge in [0.2, 0.25) is 5.91 Å². The van der Waals surface area contributed by atoms with Gasteiger partial charge in [0.25, 0.3) is 0 Å². The van der Waals surface area contributed by atoms with Crippen molar-refractivity contribution in [2.45, 2.75) is 39.7 Å². The van der Waals surface area contributed by atoms with Crippen LogP contribution in [0.5, 0.6) is 0 Å². The van der Waals surface area contributed by atoms with E-state index in [1.54, 1.807) is 7.11 Å². The minimum Gasteiger partial charge on any atom is -0.383 e. The lowest BCUT2D eigenvalue weighted by Crippen LogP contribution is -2.53. The molecule has 0 spiro atoms. The number of likely N-dealkylation sites (N-methyl/N-ethyl adjacent to an activating group) is 1. The number of rotatable bonds is 5. The molecule has 1 saturated heterocycles. The molecule has 1 fully saturated rings. The fourth-order valence-electron chi connectivity index (χ4n) is 2.57. The molecule has 0 aromatic heterocycles. The molecular formula is C13H26N2O2. The van der Waals surface area contributed by atoms with Crippen LogP contribution in [0.1, 0.15) is 33.6 Å². The molecule has 1 amide bonds. The van der Waals surface area contributed by atoms with E-state index in [2.05, 4.69) is 12.2 Å². The third-order valence-corrected chi connectivity index (χ3v) is 3.66. The van der Waals surface area contributed by atoms with Gasteiger partial charge in [-0.05, 0) is 40.2 Å². The van der Waals surface area contributed by atoms with Gasteiger partial charge < -0.3 is 15.0 Å². The molecular weight excluding hydrogens is 216 g/mol. The minimum atomic E-state index is -0.240. The van der Waals surface area contributed by atoms with Crippen LogP contribution in [0.25, 0.3) is 0 Å². The molecule has 0 saturated carbocycles. The van der Waals surface area contributed by atoms with Crippen LogP contribution in [-0.4, -0.2) is 50.2 Å². The molecule has 0 radical (unpaired) electrons. The average molecular weight is 242 g/mol. The maximum absolute atomic E-state index is 12.6. The molecule has 1 rings (SSSR count). The molecule has 1 aliphatic heterocycles. The van der Waals surface area contributed by atoms with E-state index in [9.17, 15) is 4.79 Å². The highest BCUT2D eigenvalue weighted by atomic mass is 16.5. The molecule has 1 N–H and O–H groups in total. The second-order valence-corrected chi connectivity index (χ2v) is 5.24. The summed E-state index contributed by atoms with van der Waals surface area (Å²) < 4.78 is 5.15. The van der Waals surface area contributed by atoms with Crippen molar-refractivity contribution in [1.29, 1.82) is 0 Å². The Kier molecular flexibility index (Phi) is 5.40. The van der Waals surface area contributed by atoms with E-state index in [1.807, 2.05) is 18.7 Å². The first-order valence-corrected chi connectivity index (χ1v) is 6.56. The Morgan fingerprint density at radius 3 is 2.76 bits per heavy atom. The zero-order chi connectivity index (χ0) is 12.9. The van der Waals surface area contributed by atoms with Crippen LogP contribution in [0.4, 0.5) is 0 Å². The number of ether oxygens (including phenoxy) is 1. The number of amides is 1. The topological polar surface area (TPSA) is 41.6 Å². The van der Waals surface area contributed by atoms with Crippen molar-refractivity contribution in [2.75, 3.05) is 33.4 Å². The van der Waals surface area contributed by atoms with E-state index < -0.39 is 0 Å². The number of nitrogens with zero attached hydrogens (tertiary/aromatic N) is 1. The van der Waals surface area contributed by atoms with Crippen LogP contribution in [0.3, 0.4) is 0 Å². The van der Waals surface area contributed by atoms with Crippen LogP contribution in [0, 0.1) is 5.41 Å². The summed E-state index contributed by atoms with van der Waals surface area (Å²) in [5.74, 6) is 0.261. The minimum absolute atomic E-state index is 0.149. The summed E-state index contributed by atoms with van der Waals surface area (Å²) >= 11 is 0. The zero-order valence-electron chi connectivity index (χ0n) is 11.6. The highest BCUT2D eigenvalue weighted by molar-refractivity contribution is 5.83. The largest absolute Gasteiger partial charge is 0.383 e. The van der Waals surface area contributed by atoms with Crippen LogP contribution < -0.4 is 5.32 Å². The van der Waals surface area contributed by atoms with Crippen LogP contribution in [0.15, 0.2) is 0 Å². The Bertz CT molecular complexity index is 250. The van der Waals surface area contributed by atoms with E-state index in [0.29, 0.717) is 6.61 Å². The standard InChI is InChI=1S/C13H26N2O2/c1-5-15(11(2)9-17-4)12(16)13(3)7-6-8-14-10-13/h11,14H,5-10H2,1-4H3. The van der Waals surface area contributed by atoms with Gasteiger partial charge in [-0.15, -0.1) is 0 Å². The van der Waals surface area contributed by atoms with E-state index in [-0.39, 0.29) is 17.4 Å². The molecule has 0 bridgehead atoms. The third-order valence-electron chi connectivity index (χ3n) is 3.66. The Morgan fingerprint density at radius 1 is 1.59 bits per heavy atom. The predicted molar refractivity (Wildman–Crippen MR) is 68.9 cm³/mol. The Labute approximate surface area is 105 Å². The van der Waals surface area contributed by atoms with E-state index in [4.69, 9.17) is 4.74 Å². The quantitative estimate of drug-likeness (QED) is 0.789. The van der Waals surface area contributed by atoms with Crippen molar-refractivity contribution in [3.05, 3.63) is 0 Å². The molecule has 2 atom stereocenters. The maximum Gasteiger partial charge on any atom is 0.230 e. The Morgan fingerprint density at radius 2 is 2.29 bits per heavy atom. The van der Waals surface area contributed by atoms with Crippen molar-refractivity contribution < 1.29 is 9.53 Å². The molecule has 17 heavy (non-hydrogen) atoms. The lowest BCUT2D eigenvalue weighted by Gasteiger charge is -2.39. The Hall–Kier alpha value is -0.610. The average Bonchev–Trinajstić information content (AvgIpc) is 2.31. The summed E-state index contributed by atoms with van der Waals surface area (Å²) in [7, 11) is 1.68. The smallest absolute Gasteiger partial charge is 0.230 e. The number of carbonyl (C=O) groups is 1. The van der Waals surface area contributed by atoms with Gasteiger partial charge in [-0.25, -0.2) is 0 Å². The summed E-state index contributed by atoms with van der Waals surface area (Å²) in [5.41, 5.74) is -0.240. The second-order valence-electron chi connectivity index (χ2n) is 5.24. The van der Waals surface area contributed by atoms with Gasteiger partial charge in [-0.1, -0.05) is 0 Å². The fourth-order valence-corrected chi connectivity index (χ4v) is 2.57. The van der Waals surface area contributed by atoms with Gasteiger partial charge in [0.1, 0.15) is 0 Å². The molecule has 0 aromatic carbocycles. The molecule has 4 heteroatoms. The third kappa shape index (κ3) is 3.42. The highest BCUT2D eigenvalue weighted by Crippen LogP contribution is 2.28. The molecule has 100 valence electrons. The van der Waals surface area contributed by atoms with Crippen LogP contribution >= 0.6 is 0 Å². The van der Waals surface area contributed by atoms with E-state index >= 15 is 0 Å². The first-order valence-electron chi connectivity index (χ1n) is 6.56. The fraction of sp³-hybridized carbons (Fsp3) is 0.923. The Balaban J connectivity index is 2.70. The van der Waals surface area contributed by atoms with Crippen molar-refractivity contribution in [3.8, 4) is 0 Å². The molecule has 0 aliphatic carbocycles. The zero-order valence-corrected chi connectivity index (χ0v) is 11.6. The van der Waals surface area contributed by atoms with Gasteiger partial charge in [-0.3, -0.25) is 4.79 Å². The lowest BCUT2D eigenvalue weighted by atomic mass is 9.81. The highest BCUT2D eigenvalue weighted by Gasteiger charge is 2.38. The van der Waals surface area contributed by atoms with Gasteiger partial charge in [0.15, 0.2) is 0 Å². The lowest BCUT2D eigenvalue weighted by molar-refractivity contribution is -0.145. The maximum atomic E-state index is 12.6. The van der Waals surface area contributed by atoms with Gasteiger partial charge >= 0.3 is 0 Å². The number of hydrogen-bond donors (Lipinski definition) is 1. The normalized spacial score (nSPS) is 26.6. The number of nitrogens with one attached hydrogen (secondary N) is 1. The summed E-state index contributed by atoms with van der Waals surface area (Å²) in [6.45, 7) is 9.32.